The maximum atomic E-state index is 3.09. The maximum Gasteiger partial charge on any atom is 0.0254 e. The van der Waals surface area contributed by atoms with Gasteiger partial charge in [-0.3, -0.25) is 0 Å². The highest BCUT2D eigenvalue weighted by atomic mass is 79.9. The van der Waals surface area contributed by atoms with Gasteiger partial charge in [0.1, 0.15) is 0 Å². The molecule has 18 heavy (non-hydrogen) atoms. The van der Waals surface area contributed by atoms with Gasteiger partial charge in [0.2, 0.25) is 0 Å². The molecule has 0 fully saturated rings. The summed E-state index contributed by atoms with van der Waals surface area (Å²) in [5.41, 5.74) is 4.34. The molecule has 0 nitrogen and oxygen atoms in total. The fourth-order valence-electron chi connectivity index (χ4n) is 1.60. The van der Waals surface area contributed by atoms with E-state index in [0.717, 1.165) is 11.1 Å². The van der Waals surface area contributed by atoms with Crippen molar-refractivity contribution in [2.75, 3.05) is 0 Å². The molecule has 0 N–H and O–H groups in total. The predicted molar refractivity (Wildman–Crippen MR) is 83.5 cm³/mol. The van der Waals surface area contributed by atoms with Crippen molar-refractivity contribution in [3.63, 3.8) is 0 Å². The molecule has 0 amide bonds. The molecule has 0 atom stereocenters. The Kier molecular flexibility index (Phi) is 4.65. The molecule has 0 unspecified atom stereocenters. The van der Waals surface area contributed by atoms with Gasteiger partial charge in [-0.15, -0.1) is 0 Å². The van der Waals surface area contributed by atoms with E-state index in [0.29, 0.717) is 0 Å². The van der Waals surface area contributed by atoms with Crippen molar-refractivity contribution in [1.29, 1.82) is 0 Å². The molecule has 0 aliphatic rings. The summed E-state index contributed by atoms with van der Waals surface area (Å²) >= 11 is 6.19. The van der Waals surface area contributed by atoms with Gasteiger partial charge in [0.25, 0.3) is 0 Å². The van der Waals surface area contributed by atoms with Crippen molar-refractivity contribution in [3.8, 4) is 32.6 Å². The number of halogens is 2. The van der Waals surface area contributed by atoms with Crippen molar-refractivity contribution in [1.82, 2.24) is 0 Å². The molecule has 86 valence electrons. The standard InChI is InChI=1S/C16H8Br2/c17-11-9-13-1-5-15(6-2-13)16-7-3-14(4-8-16)10-12-18/h1-8H. The minimum atomic E-state index is 0.998. The van der Waals surface area contributed by atoms with Crippen LogP contribution < -0.4 is 0 Å². The summed E-state index contributed by atoms with van der Waals surface area (Å²) < 4.78 is 0. The van der Waals surface area contributed by atoms with Crippen LogP contribution in [0.15, 0.2) is 48.5 Å². The van der Waals surface area contributed by atoms with Crippen LogP contribution in [0.2, 0.25) is 0 Å². The van der Waals surface area contributed by atoms with E-state index in [1.165, 1.54) is 11.1 Å². The van der Waals surface area contributed by atoms with Gasteiger partial charge in [-0.1, -0.05) is 36.1 Å². The minimum absolute atomic E-state index is 0.998. The Bertz CT molecular complexity index is 583. The van der Waals surface area contributed by atoms with Gasteiger partial charge in [-0.25, -0.2) is 0 Å². The van der Waals surface area contributed by atoms with Crippen LogP contribution in [0.1, 0.15) is 11.1 Å². The zero-order valence-electron chi connectivity index (χ0n) is 9.37. The van der Waals surface area contributed by atoms with E-state index in [1.807, 2.05) is 24.3 Å². The van der Waals surface area contributed by atoms with Crippen molar-refractivity contribution < 1.29 is 0 Å². The Morgan fingerprint density at radius 2 is 0.889 bits per heavy atom. The summed E-state index contributed by atoms with van der Waals surface area (Å²) in [6, 6.07) is 16.3. The molecule has 2 rings (SSSR count). The minimum Gasteiger partial charge on any atom is -0.0545 e. The molecular weight excluding hydrogens is 352 g/mol. The third kappa shape index (κ3) is 3.26. The van der Waals surface area contributed by atoms with Crippen LogP contribution in [-0.2, 0) is 0 Å². The molecule has 0 heterocycles. The first kappa shape index (κ1) is 13.0. The summed E-state index contributed by atoms with van der Waals surface area (Å²) in [7, 11) is 0. The number of hydrogen-bond acceptors (Lipinski definition) is 0. The highest BCUT2D eigenvalue weighted by Crippen LogP contribution is 2.20. The van der Waals surface area contributed by atoms with E-state index in [9.17, 15) is 0 Å². The van der Waals surface area contributed by atoms with E-state index in [1.54, 1.807) is 0 Å². The van der Waals surface area contributed by atoms with Gasteiger partial charge in [0, 0.05) is 43.0 Å². The molecule has 0 bridgehead atoms. The van der Waals surface area contributed by atoms with Crippen LogP contribution in [-0.4, -0.2) is 0 Å². The second-order valence-electron chi connectivity index (χ2n) is 3.59. The Hall–Kier alpha value is -1.48. The van der Waals surface area contributed by atoms with Crippen molar-refractivity contribution >= 4 is 31.9 Å². The molecule has 0 spiro atoms. The molecule has 0 saturated heterocycles. The topological polar surface area (TPSA) is 0 Å². The van der Waals surface area contributed by atoms with E-state index >= 15 is 0 Å². The lowest BCUT2D eigenvalue weighted by Gasteiger charge is -2.02. The lowest BCUT2D eigenvalue weighted by Crippen LogP contribution is -1.80. The monoisotopic (exact) mass is 358 g/mol. The largest absolute Gasteiger partial charge is 0.0545 e. The van der Waals surface area contributed by atoms with E-state index < -0.39 is 0 Å². The molecule has 0 aliphatic carbocycles. The van der Waals surface area contributed by atoms with Crippen molar-refractivity contribution in [3.05, 3.63) is 59.7 Å². The predicted octanol–water partition coefficient (Wildman–Crippen LogP) is 4.76. The molecule has 2 aromatic carbocycles. The Balaban J connectivity index is 2.29. The second-order valence-corrected chi connectivity index (χ2v) is 4.39. The summed E-state index contributed by atoms with van der Waals surface area (Å²) in [5, 5.41) is 0. The van der Waals surface area contributed by atoms with Crippen LogP contribution in [0.5, 0.6) is 0 Å². The van der Waals surface area contributed by atoms with Gasteiger partial charge in [-0.2, -0.15) is 0 Å². The first-order chi connectivity index (χ1) is 8.83. The quantitative estimate of drug-likeness (QED) is 0.644. The molecule has 2 aromatic rings. The van der Waals surface area contributed by atoms with E-state index in [4.69, 9.17) is 0 Å². The van der Waals surface area contributed by atoms with Gasteiger partial charge in [0.05, 0.1) is 0 Å². The SMILES string of the molecule is BrC#Cc1ccc(-c2ccc(C#CBr)cc2)cc1. The molecular formula is C16H8Br2. The smallest absolute Gasteiger partial charge is 0.0254 e. The van der Waals surface area contributed by atoms with E-state index in [-0.39, 0.29) is 0 Å². The zero-order chi connectivity index (χ0) is 12.8. The fourth-order valence-corrected chi connectivity index (χ4v) is 2.06. The molecule has 0 aliphatic heterocycles. The Labute approximate surface area is 124 Å². The highest BCUT2D eigenvalue weighted by Gasteiger charge is 1.97. The Morgan fingerprint density at radius 1 is 0.556 bits per heavy atom. The van der Waals surface area contributed by atoms with Gasteiger partial charge < -0.3 is 0 Å². The summed E-state index contributed by atoms with van der Waals surface area (Å²) in [6.07, 6.45) is 0. The van der Waals surface area contributed by atoms with Crippen LogP contribution in [0.4, 0.5) is 0 Å². The summed E-state index contributed by atoms with van der Waals surface area (Å²) in [4.78, 5) is 5.42. The lowest BCUT2D eigenvalue weighted by molar-refractivity contribution is 1.58. The number of hydrogen-bond donors (Lipinski definition) is 0. The maximum absolute atomic E-state index is 3.09. The number of rotatable bonds is 1. The van der Waals surface area contributed by atoms with Gasteiger partial charge in [0.15, 0.2) is 0 Å². The molecule has 2 heteroatoms. The van der Waals surface area contributed by atoms with Crippen LogP contribution in [0.3, 0.4) is 0 Å². The normalized spacial score (nSPS) is 8.78. The molecule has 0 radical (unpaired) electrons. The average molecular weight is 360 g/mol. The third-order valence-electron chi connectivity index (χ3n) is 2.49. The first-order valence-electron chi connectivity index (χ1n) is 5.27. The van der Waals surface area contributed by atoms with Crippen LogP contribution >= 0.6 is 31.9 Å². The van der Waals surface area contributed by atoms with Crippen molar-refractivity contribution in [2.45, 2.75) is 0 Å². The fraction of sp³-hybridized carbons (Fsp3) is 0. The van der Waals surface area contributed by atoms with Gasteiger partial charge in [-0.05, 0) is 45.1 Å². The molecule has 0 saturated carbocycles. The van der Waals surface area contributed by atoms with Crippen LogP contribution in [0.25, 0.3) is 11.1 Å². The number of benzene rings is 2. The van der Waals surface area contributed by atoms with Crippen molar-refractivity contribution in [2.24, 2.45) is 0 Å². The average Bonchev–Trinajstić information content (AvgIpc) is 2.41. The Morgan fingerprint density at radius 3 is 1.17 bits per heavy atom. The zero-order valence-corrected chi connectivity index (χ0v) is 12.5. The lowest BCUT2D eigenvalue weighted by atomic mass is 10.0. The van der Waals surface area contributed by atoms with Gasteiger partial charge >= 0.3 is 0 Å². The second kappa shape index (κ2) is 6.45. The highest BCUT2D eigenvalue weighted by molar-refractivity contribution is 9.12. The summed E-state index contributed by atoms with van der Waals surface area (Å²) in [5.74, 6) is 5.91. The molecule has 0 aromatic heterocycles. The van der Waals surface area contributed by atoms with E-state index in [2.05, 4.69) is 77.6 Å². The van der Waals surface area contributed by atoms with Crippen LogP contribution in [0, 0.1) is 21.5 Å². The first-order valence-corrected chi connectivity index (χ1v) is 6.86. The summed E-state index contributed by atoms with van der Waals surface area (Å²) in [6.45, 7) is 0. The third-order valence-corrected chi connectivity index (χ3v) is 2.88.